The average molecular weight is 514 g/mol. The molecule has 6 rings (SSSR count). The number of aliphatic hydroxyl groups is 1. The maximum absolute atomic E-state index is 13.9. The first kappa shape index (κ1) is 23.3. The van der Waals surface area contributed by atoms with Crippen molar-refractivity contribution in [1.82, 2.24) is 19.8 Å². The minimum absolute atomic E-state index is 0.0109. The largest absolute Gasteiger partial charge is 0.432 e. The maximum Gasteiger partial charge on any atom is 0.432 e. The number of carbonyl (C=O) groups is 2. The van der Waals surface area contributed by atoms with Gasteiger partial charge in [-0.25, -0.2) is 5.01 Å². The number of halogens is 4. The number of nitrogens with zero attached hydrogens (tertiary/aromatic N) is 4. The zero-order chi connectivity index (χ0) is 25.0. The Morgan fingerprint density at radius 3 is 2.54 bits per heavy atom. The molecule has 0 aromatic heterocycles. The average Bonchev–Trinajstić information content (AvgIpc) is 3.70. The molecule has 0 aromatic rings. The second-order valence-corrected chi connectivity index (χ2v) is 11.0. The van der Waals surface area contributed by atoms with Crippen molar-refractivity contribution in [3.8, 4) is 0 Å². The predicted molar refractivity (Wildman–Crippen MR) is 119 cm³/mol. The summed E-state index contributed by atoms with van der Waals surface area (Å²) in [5.74, 6) is -0.566. The lowest BCUT2D eigenvalue weighted by molar-refractivity contribution is -0.154. The topological polar surface area (TPSA) is 93.4 Å². The monoisotopic (exact) mass is 513 g/mol. The van der Waals surface area contributed by atoms with Crippen molar-refractivity contribution in [3.63, 3.8) is 0 Å². The van der Waals surface area contributed by atoms with Crippen molar-refractivity contribution in [3.05, 3.63) is 34.2 Å². The van der Waals surface area contributed by atoms with Gasteiger partial charge >= 0.3 is 6.18 Å². The van der Waals surface area contributed by atoms with Gasteiger partial charge in [0.2, 0.25) is 11.8 Å². The third kappa shape index (κ3) is 3.46. The number of carbonyl (C=O) groups excluding carboxylic acids is 2. The number of amides is 2. The number of nitrogens with two attached hydrogens (primary N) is 1. The first-order chi connectivity index (χ1) is 16.4. The first-order valence-electron chi connectivity index (χ1n) is 11.9. The highest BCUT2D eigenvalue weighted by Gasteiger charge is 2.65. The van der Waals surface area contributed by atoms with E-state index >= 15 is 0 Å². The normalized spacial score (nSPS) is 37.5. The minimum Gasteiger partial charge on any atom is -0.389 e. The van der Waals surface area contributed by atoms with Gasteiger partial charge in [-0.2, -0.15) is 13.2 Å². The van der Waals surface area contributed by atoms with Crippen LogP contribution in [0.25, 0.3) is 0 Å². The zero-order valence-corrected chi connectivity index (χ0v) is 19.9. The van der Waals surface area contributed by atoms with Crippen LogP contribution in [0.1, 0.15) is 25.7 Å². The summed E-state index contributed by atoms with van der Waals surface area (Å²) in [7, 11) is 1.40. The van der Waals surface area contributed by atoms with E-state index in [0.717, 1.165) is 30.3 Å². The standard InChI is InChI=1S/C23H27ClF3N5O3/c1-29-19(18(24)14-6-12(11-2-3-11)7-16(32(14)29)23(25,26)27)21(35)30-4-5-31(17(33)10-30)15-8-13-9-22(13,28)20(15)34/h6-7,11,13,15,19-20,34H,2-5,8-10,28H2,1H3/t13-,15-,19?,20-,22-/m0/s1. The van der Waals surface area contributed by atoms with Gasteiger partial charge in [0.25, 0.3) is 0 Å². The van der Waals surface area contributed by atoms with Crippen LogP contribution >= 0.6 is 11.6 Å². The number of aliphatic hydroxyl groups excluding tert-OH is 1. The van der Waals surface area contributed by atoms with E-state index in [9.17, 15) is 27.9 Å². The molecule has 0 spiro atoms. The number of rotatable bonds is 3. The molecule has 35 heavy (non-hydrogen) atoms. The quantitative estimate of drug-likeness (QED) is 0.591. The van der Waals surface area contributed by atoms with E-state index in [-0.39, 0.29) is 54.1 Å². The Hall–Kier alpha value is -2.08. The molecule has 1 unspecified atom stereocenters. The molecule has 2 amide bonds. The summed E-state index contributed by atoms with van der Waals surface area (Å²) in [6, 6.07) is -1.54. The molecule has 3 saturated carbocycles. The Balaban J connectivity index is 1.21. The Labute approximate surface area is 205 Å². The molecule has 5 atom stereocenters. The molecule has 6 aliphatic rings. The molecule has 3 heterocycles. The lowest BCUT2D eigenvalue weighted by atomic mass is 10.0. The van der Waals surface area contributed by atoms with Crippen LogP contribution in [0.3, 0.4) is 0 Å². The van der Waals surface area contributed by atoms with Gasteiger partial charge < -0.3 is 20.6 Å². The van der Waals surface area contributed by atoms with Crippen LogP contribution in [0.2, 0.25) is 0 Å². The van der Waals surface area contributed by atoms with Crippen LogP contribution in [0, 0.1) is 11.8 Å². The third-order valence-electron chi connectivity index (χ3n) is 8.42. The van der Waals surface area contributed by atoms with E-state index in [1.807, 2.05) is 0 Å². The molecule has 3 N–H and O–H groups in total. The second-order valence-electron chi connectivity index (χ2n) is 10.6. The van der Waals surface area contributed by atoms with E-state index in [1.165, 1.54) is 17.0 Å². The highest BCUT2D eigenvalue weighted by molar-refractivity contribution is 6.33. The molecule has 0 bridgehead atoms. The van der Waals surface area contributed by atoms with Gasteiger partial charge in [-0.1, -0.05) is 11.6 Å². The lowest BCUT2D eigenvalue weighted by Gasteiger charge is -2.41. The van der Waals surface area contributed by atoms with Gasteiger partial charge in [0.15, 0.2) is 0 Å². The summed E-state index contributed by atoms with van der Waals surface area (Å²) in [5.41, 5.74) is 5.41. The number of fused-ring (bicyclic) bond motifs is 2. The van der Waals surface area contributed by atoms with Gasteiger partial charge in [0.1, 0.15) is 11.7 Å². The van der Waals surface area contributed by atoms with Gasteiger partial charge in [0, 0.05) is 25.7 Å². The van der Waals surface area contributed by atoms with Crippen LogP contribution in [-0.4, -0.2) is 93.3 Å². The summed E-state index contributed by atoms with van der Waals surface area (Å²) < 4.78 is 41.8. The molecule has 4 fully saturated rings. The number of allylic oxidation sites excluding steroid dienone is 4. The van der Waals surface area contributed by atoms with Gasteiger partial charge in [0.05, 0.1) is 29.4 Å². The summed E-state index contributed by atoms with van der Waals surface area (Å²) in [5, 5.41) is 12.7. The zero-order valence-electron chi connectivity index (χ0n) is 19.1. The van der Waals surface area contributed by atoms with E-state index < -0.39 is 35.5 Å². The molecule has 3 aliphatic carbocycles. The van der Waals surface area contributed by atoms with Crippen molar-refractivity contribution < 1.29 is 27.9 Å². The van der Waals surface area contributed by atoms with Crippen molar-refractivity contribution in [2.45, 2.75) is 55.6 Å². The molecular weight excluding hydrogens is 487 g/mol. The van der Waals surface area contributed by atoms with Crippen LogP contribution in [0.4, 0.5) is 13.2 Å². The highest BCUT2D eigenvalue weighted by Crippen LogP contribution is 2.55. The summed E-state index contributed by atoms with van der Waals surface area (Å²) in [4.78, 5) is 29.3. The van der Waals surface area contributed by atoms with Crippen LogP contribution in [0.5, 0.6) is 0 Å². The Morgan fingerprint density at radius 1 is 1.26 bits per heavy atom. The summed E-state index contributed by atoms with van der Waals surface area (Å²) >= 11 is 6.56. The molecule has 190 valence electrons. The fraction of sp³-hybridized carbons (Fsp3) is 0.652. The van der Waals surface area contributed by atoms with E-state index in [4.69, 9.17) is 17.3 Å². The van der Waals surface area contributed by atoms with Gasteiger partial charge in [-0.3, -0.25) is 14.6 Å². The van der Waals surface area contributed by atoms with Crippen LogP contribution in [-0.2, 0) is 9.59 Å². The highest BCUT2D eigenvalue weighted by atomic mass is 35.5. The first-order valence-corrected chi connectivity index (χ1v) is 12.3. The van der Waals surface area contributed by atoms with Crippen molar-refractivity contribution in [2.75, 3.05) is 26.7 Å². The predicted octanol–water partition coefficient (Wildman–Crippen LogP) is 1.29. The fourth-order valence-corrected chi connectivity index (χ4v) is 6.54. The van der Waals surface area contributed by atoms with Gasteiger partial charge in [-0.15, -0.1) is 0 Å². The number of piperazine rings is 1. The molecular formula is C23H27ClF3N5O3. The molecule has 8 nitrogen and oxygen atoms in total. The Bertz CT molecular complexity index is 1100. The number of alkyl halides is 3. The second kappa shape index (κ2) is 7.47. The lowest BCUT2D eigenvalue weighted by Crippen LogP contribution is -2.61. The van der Waals surface area contributed by atoms with Crippen molar-refractivity contribution in [2.24, 2.45) is 17.6 Å². The number of hydrazine groups is 1. The van der Waals surface area contributed by atoms with Gasteiger partial charge in [-0.05, 0) is 55.2 Å². The van der Waals surface area contributed by atoms with Crippen LogP contribution < -0.4 is 5.73 Å². The molecule has 1 saturated heterocycles. The van der Waals surface area contributed by atoms with Crippen molar-refractivity contribution in [1.29, 1.82) is 0 Å². The molecule has 0 aromatic carbocycles. The fourth-order valence-electron chi connectivity index (χ4n) is 6.17. The number of hydrogen-bond donors (Lipinski definition) is 2. The van der Waals surface area contributed by atoms with E-state index in [1.54, 1.807) is 11.0 Å². The number of likely N-dealkylation sites (N-methyl/N-ethyl adjacent to an activating group) is 1. The van der Waals surface area contributed by atoms with E-state index in [0.29, 0.717) is 12.0 Å². The SMILES string of the molecule is CN1C(C(=O)N2CCN([C@H]3C[C@H]4C[C@@]4(N)[C@H]3O)C(=O)C2)C(Cl)=C2C=C(C3CC3)C=C(C(F)(F)F)N21. The molecule has 12 heteroatoms. The summed E-state index contributed by atoms with van der Waals surface area (Å²) in [6.07, 6.45) is 0.382. The minimum atomic E-state index is -4.63. The molecule has 3 aliphatic heterocycles. The summed E-state index contributed by atoms with van der Waals surface area (Å²) in [6.45, 7) is 0.202. The Morgan fingerprint density at radius 2 is 1.97 bits per heavy atom. The third-order valence-corrected chi connectivity index (χ3v) is 8.82. The van der Waals surface area contributed by atoms with E-state index in [2.05, 4.69) is 0 Å². The van der Waals surface area contributed by atoms with Crippen LogP contribution in [0.15, 0.2) is 34.2 Å². The molecule has 0 radical (unpaired) electrons. The maximum atomic E-state index is 13.9. The Kier molecular flexibility index (Phi) is 4.98. The number of hydrogen-bond acceptors (Lipinski definition) is 6. The van der Waals surface area contributed by atoms with Crippen molar-refractivity contribution >= 4 is 23.4 Å². The smallest absolute Gasteiger partial charge is 0.389 e.